The Labute approximate surface area is 117 Å². The SMILES string of the molecule is c1ccc(SCCn2cnc(CNC3CC3)n2)cc1. The van der Waals surface area contributed by atoms with Crippen LogP contribution in [0.2, 0.25) is 0 Å². The van der Waals surface area contributed by atoms with Crippen molar-refractivity contribution in [3.63, 3.8) is 0 Å². The Morgan fingerprint density at radius 3 is 2.89 bits per heavy atom. The molecule has 0 radical (unpaired) electrons. The molecule has 1 heterocycles. The third-order valence-electron chi connectivity index (χ3n) is 3.04. The van der Waals surface area contributed by atoms with Crippen molar-refractivity contribution in [2.24, 2.45) is 0 Å². The molecule has 0 bridgehead atoms. The third-order valence-corrected chi connectivity index (χ3v) is 4.03. The third kappa shape index (κ3) is 4.08. The lowest BCUT2D eigenvalue weighted by atomic mass is 10.4. The fourth-order valence-corrected chi connectivity index (χ4v) is 2.68. The van der Waals surface area contributed by atoms with Crippen LogP contribution in [-0.4, -0.2) is 26.6 Å². The Bertz CT molecular complexity index is 507. The average Bonchev–Trinajstić information content (AvgIpc) is 3.17. The quantitative estimate of drug-likeness (QED) is 0.787. The molecule has 1 aliphatic rings. The summed E-state index contributed by atoms with van der Waals surface area (Å²) in [6.45, 7) is 1.69. The van der Waals surface area contributed by atoms with Crippen LogP contribution in [0.5, 0.6) is 0 Å². The van der Waals surface area contributed by atoms with Crippen LogP contribution in [-0.2, 0) is 13.1 Å². The monoisotopic (exact) mass is 274 g/mol. The van der Waals surface area contributed by atoms with Gasteiger partial charge in [-0.15, -0.1) is 11.8 Å². The highest BCUT2D eigenvalue weighted by Crippen LogP contribution is 2.19. The lowest BCUT2D eigenvalue weighted by Gasteiger charge is -2.01. The maximum atomic E-state index is 4.47. The van der Waals surface area contributed by atoms with Gasteiger partial charge in [0.25, 0.3) is 0 Å². The van der Waals surface area contributed by atoms with E-state index >= 15 is 0 Å². The second-order valence-corrected chi connectivity index (χ2v) is 5.91. The van der Waals surface area contributed by atoms with Gasteiger partial charge in [-0.05, 0) is 25.0 Å². The number of benzene rings is 1. The summed E-state index contributed by atoms with van der Waals surface area (Å²) in [5.74, 6) is 1.92. The van der Waals surface area contributed by atoms with Crippen LogP contribution in [0, 0.1) is 0 Å². The topological polar surface area (TPSA) is 42.7 Å². The van der Waals surface area contributed by atoms with E-state index in [1.807, 2.05) is 28.8 Å². The highest BCUT2D eigenvalue weighted by atomic mass is 32.2. The zero-order valence-corrected chi connectivity index (χ0v) is 11.6. The number of rotatable bonds is 7. The van der Waals surface area contributed by atoms with Gasteiger partial charge < -0.3 is 5.32 Å². The van der Waals surface area contributed by atoms with Crippen molar-refractivity contribution >= 4 is 11.8 Å². The Hall–Kier alpha value is -1.33. The molecule has 1 fully saturated rings. The first-order valence-electron chi connectivity index (χ1n) is 6.70. The van der Waals surface area contributed by atoms with Gasteiger partial charge in [-0.2, -0.15) is 5.10 Å². The summed E-state index contributed by atoms with van der Waals surface area (Å²) >= 11 is 1.85. The smallest absolute Gasteiger partial charge is 0.164 e. The van der Waals surface area contributed by atoms with Crippen molar-refractivity contribution in [2.75, 3.05) is 5.75 Å². The van der Waals surface area contributed by atoms with Crippen molar-refractivity contribution < 1.29 is 0 Å². The first-order valence-corrected chi connectivity index (χ1v) is 7.68. The number of thioether (sulfide) groups is 1. The van der Waals surface area contributed by atoms with Crippen molar-refractivity contribution in [1.82, 2.24) is 20.1 Å². The van der Waals surface area contributed by atoms with Gasteiger partial charge in [0.15, 0.2) is 5.82 Å². The fraction of sp³-hybridized carbons (Fsp3) is 0.429. The maximum Gasteiger partial charge on any atom is 0.164 e. The lowest BCUT2D eigenvalue weighted by Crippen LogP contribution is -2.16. The minimum Gasteiger partial charge on any atom is -0.307 e. The zero-order valence-electron chi connectivity index (χ0n) is 10.8. The Balaban J connectivity index is 1.42. The summed E-state index contributed by atoms with van der Waals surface area (Å²) in [5, 5.41) is 7.90. The van der Waals surface area contributed by atoms with Gasteiger partial charge in [0, 0.05) is 16.7 Å². The molecule has 0 saturated heterocycles. The molecule has 0 unspecified atom stereocenters. The van der Waals surface area contributed by atoms with E-state index in [2.05, 4.69) is 39.7 Å². The van der Waals surface area contributed by atoms with Crippen molar-refractivity contribution in [3.8, 4) is 0 Å². The summed E-state index contributed by atoms with van der Waals surface area (Å²) in [7, 11) is 0. The van der Waals surface area contributed by atoms with Crippen LogP contribution >= 0.6 is 11.8 Å². The predicted molar refractivity (Wildman–Crippen MR) is 77.0 cm³/mol. The van der Waals surface area contributed by atoms with Crippen LogP contribution in [0.25, 0.3) is 0 Å². The maximum absolute atomic E-state index is 4.47. The van der Waals surface area contributed by atoms with E-state index in [0.29, 0.717) is 6.04 Å². The Kier molecular flexibility index (Phi) is 4.15. The van der Waals surface area contributed by atoms with E-state index in [4.69, 9.17) is 0 Å². The molecule has 0 spiro atoms. The van der Waals surface area contributed by atoms with Crippen LogP contribution in [0.3, 0.4) is 0 Å². The van der Waals surface area contributed by atoms with Crippen molar-refractivity contribution in [3.05, 3.63) is 42.5 Å². The van der Waals surface area contributed by atoms with E-state index < -0.39 is 0 Å². The molecule has 4 nitrogen and oxygen atoms in total. The number of aryl methyl sites for hydroxylation is 1. The van der Waals surface area contributed by atoms with E-state index in [1.165, 1.54) is 17.7 Å². The van der Waals surface area contributed by atoms with Crippen LogP contribution < -0.4 is 5.32 Å². The fourth-order valence-electron chi connectivity index (χ4n) is 1.82. The molecule has 19 heavy (non-hydrogen) atoms. The van der Waals surface area contributed by atoms with Gasteiger partial charge in [-0.3, -0.25) is 4.68 Å². The van der Waals surface area contributed by atoms with E-state index in [0.717, 1.165) is 24.7 Å². The highest BCUT2D eigenvalue weighted by Gasteiger charge is 2.20. The van der Waals surface area contributed by atoms with Gasteiger partial charge in [0.05, 0.1) is 13.1 Å². The van der Waals surface area contributed by atoms with Crippen LogP contribution in [0.15, 0.2) is 41.6 Å². The molecule has 0 aliphatic heterocycles. The molecule has 0 atom stereocenters. The molecule has 2 aromatic rings. The highest BCUT2D eigenvalue weighted by molar-refractivity contribution is 7.99. The minimum absolute atomic E-state index is 0.709. The Morgan fingerprint density at radius 2 is 2.11 bits per heavy atom. The molecule has 1 N–H and O–H groups in total. The summed E-state index contributed by atoms with van der Waals surface area (Å²) in [6.07, 6.45) is 4.43. The van der Waals surface area contributed by atoms with Gasteiger partial charge in [0.2, 0.25) is 0 Å². The second kappa shape index (κ2) is 6.21. The van der Waals surface area contributed by atoms with Gasteiger partial charge in [0.1, 0.15) is 6.33 Å². The number of nitrogens with zero attached hydrogens (tertiary/aromatic N) is 3. The summed E-state index contributed by atoms with van der Waals surface area (Å²) < 4.78 is 1.93. The Morgan fingerprint density at radius 1 is 1.26 bits per heavy atom. The normalized spacial score (nSPS) is 14.7. The second-order valence-electron chi connectivity index (χ2n) is 4.74. The number of aromatic nitrogens is 3. The summed E-state index contributed by atoms with van der Waals surface area (Å²) in [4.78, 5) is 5.63. The molecular formula is C14H18N4S. The molecule has 5 heteroatoms. The van der Waals surface area contributed by atoms with E-state index in [-0.39, 0.29) is 0 Å². The predicted octanol–water partition coefficient (Wildman–Crippen LogP) is 2.32. The van der Waals surface area contributed by atoms with Gasteiger partial charge >= 0.3 is 0 Å². The molecule has 1 aromatic heterocycles. The molecular weight excluding hydrogens is 256 g/mol. The van der Waals surface area contributed by atoms with Gasteiger partial charge in [-0.25, -0.2) is 4.98 Å². The van der Waals surface area contributed by atoms with Crippen molar-refractivity contribution in [2.45, 2.75) is 36.9 Å². The van der Waals surface area contributed by atoms with E-state index in [1.54, 1.807) is 0 Å². The van der Waals surface area contributed by atoms with Crippen molar-refractivity contribution in [1.29, 1.82) is 0 Å². The van der Waals surface area contributed by atoms with E-state index in [9.17, 15) is 0 Å². The summed E-state index contributed by atoms with van der Waals surface area (Å²) in [5.41, 5.74) is 0. The number of nitrogens with one attached hydrogen (secondary N) is 1. The average molecular weight is 274 g/mol. The molecule has 100 valence electrons. The molecule has 3 rings (SSSR count). The standard InChI is InChI=1S/C14H18N4S/c1-2-4-13(5-3-1)19-9-8-18-11-16-14(17-18)10-15-12-6-7-12/h1-5,11-12,15H,6-10H2. The number of hydrogen-bond donors (Lipinski definition) is 1. The first kappa shape index (κ1) is 12.7. The van der Waals surface area contributed by atoms with Crippen LogP contribution in [0.1, 0.15) is 18.7 Å². The van der Waals surface area contributed by atoms with Crippen LogP contribution in [0.4, 0.5) is 0 Å². The summed E-state index contributed by atoms with van der Waals surface area (Å²) in [6, 6.07) is 11.2. The van der Waals surface area contributed by atoms with Gasteiger partial charge in [-0.1, -0.05) is 18.2 Å². The molecule has 1 aliphatic carbocycles. The first-order chi connectivity index (χ1) is 9.40. The lowest BCUT2D eigenvalue weighted by molar-refractivity contribution is 0.619. The molecule has 1 aromatic carbocycles. The minimum atomic E-state index is 0.709. The molecule has 1 saturated carbocycles. The number of hydrogen-bond acceptors (Lipinski definition) is 4. The molecule has 0 amide bonds. The largest absolute Gasteiger partial charge is 0.307 e. The zero-order chi connectivity index (χ0) is 12.9.